The monoisotopic (exact) mass is 457 g/mol. The summed E-state index contributed by atoms with van der Waals surface area (Å²) in [5.74, 6) is -1.55. The summed E-state index contributed by atoms with van der Waals surface area (Å²) >= 11 is 0. The van der Waals surface area contributed by atoms with E-state index in [1.807, 2.05) is 18.2 Å². The number of amides is 3. The van der Waals surface area contributed by atoms with Gasteiger partial charge in [0.1, 0.15) is 6.54 Å². The smallest absolute Gasteiger partial charge is 0.243 e. The van der Waals surface area contributed by atoms with Crippen LogP contribution in [0, 0.1) is 11.8 Å². The van der Waals surface area contributed by atoms with Crippen LogP contribution in [-0.2, 0) is 37.2 Å². The van der Waals surface area contributed by atoms with E-state index in [1.54, 1.807) is 17.0 Å². The lowest BCUT2D eigenvalue weighted by Gasteiger charge is -2.34. The Labute approximate surface area is 187 Å². The van der Waals surface area contributed by atoms with Crippen LogP contribution in [0.5, 0.6) is 0 Å². The first-order valence-corrected chi connectivity index (χ1v) is 12.7. The minimum atomic E-state index is -3.62. The average Bonchev–Trinajstić information content (AvgIpc) is 3.38. The highest BCUT2D eigenvalue weighted by molar-refractivity contribution is 7.89. The van der Waals surface area contributed by atoms with E-state index in [4.69, 9.17) is 0 Å². The molecule has 5 rings (SSSR count). The molecule has 0 spiro atoms. The molecule has 3 amide bonds. The Morgan fingerprint density at radius 2 is 1.53 bits per heavy atom. The van der Waals surface area contributed by atoms with Crippen molar-refractivity contribution < 1.29 is 22.8 Å². The second kappa shape index (κ2) is 8.12. The second-order valence-electron chi connectivity index (χ2n) is 8.99. The molecule has 1 aromatic carbocycles. The van der Waals surface area contributed by atoms with Crippen LogP contribution >= 0.6 is 0 Å². The highest BCUT2D eigenvalue weighted by Gasteiger charge is 2.48. The Kier molecular flexibility index (Phi) is 5.41. The topological polar surface area (TPSA) is 95.1 Å². The number of fused-ring (bicyclic) bond motifs is 2. The van der Waals surface area contributed by atoms with Crippen LogP contribution in [0.4, 0.5) is 0 Å². The van der Waals surface area contributed by atoms with Crippen molar-refractivity contribution in [1.82, 2.24) is 14.1 Å². The van der Waals surface area contributed by atoms with Crippen LogP contribution in [0.3, 0.4) is 0 Å². The molecule has 2 saturated heterocycles. The molecule has 2 aliphatic heterocycles. The van der Waals surface area contributed by atoms with E-state index >= 15 is 0 Å². The first kappa shape index (κ1) is 21.3. The molecule has 4 aliphatic rings. The predicted octanol–water partition coefficient (Wildman–Crippen LogP) is 0.959. The summed E-state index contributed by atoms with van der Waals surface area (Å²) in [5, 5.41) is 0. The average molecular weight is 458 g/mol. The lowest BCUT2D eigenvalue weighted by Crippen LogP contribution is -2.53. The Hall–Kier alpha value is -2.52. The number of rotatable bonds is 4. The minimum Gasteiger partial charge on any atom is -0.338 e. The molecule has 32 heavy (non-hydrogen) atoms. The number of piperazine rings is 1. The fourth-order valence-electron chi connectivity index (χ4n) is 5.30. The summed E-state index contributed by atoms with van der Waals surface area (Å²) in [6, 6.07) is 5.37. The van der Waals surface area contributed by atoms with Gasteiger partial charge in [-0.05, 0) is 55.4 Å². The molecule has 0 bridgehead atoms. The molecule has 0 aromatic heterocycles. The zero-order chi connectivity index (χ0) is 22.5. The fraction of sp³-hybridized carbons (Fsp3) is 0.522. The van der Waals surface area contributed by atoms with Gasteiger partial charge in [0.25, 0.3) is 0 Å². The molecular weight excluding hydrogens is 430 g/mol. The molecule has 0 radical (unpaired) electrons. The summed E-state index contributed by atoms with van der Waals surface area (Å²) in [4.78, 5) is 41.0. The van der Waals surface area contributed by atoms with Crippen molar-refractivity contribution in [2.45, 2.75) is 37.0 Å². The molecule has 2 heterocycles. The number of aryl methyl sites for hydroxylation is 2. The van der Waals surface area contributed by atoms with Gasteiger partial charge in [-0.2, -0.15) is 4.31 Å². The van der Waals surface area contributed by atoms with Gasteiger partial charge in [-0.15, -0.1) is 0 Å². The van der Waals surface area contributed by atoms with Crippen molar-refractivity contribution in [1.29, 1.82) is 0 Å². The van der Waals surface area contributed by atoms with Crippen molar-refractivity contribution in [3.63, 3.8) is 0 Å². The third-order valence-corrected chi connectivity index (χ3v) is 9.09. The maximum Gasteiger partial charge on any atom is 0.243 e. The summed E-state index contributed by atoms with van der Waals surface area (Å²) < 4.78 is 27.6. The summed E-state index contributed by atoms with van der Waals surface area (Å²) in [5.41, 5.74) is 2.33. The maximum atomic E-state index is 13.1. The van der Waals surface area contributed by atoms with Gasteiger partial charge >= 0.3 is 0 Å². The molecule has 8 nitrogen and oxygen atoms in total. The van der Waals surface area contributed by atoms with E-state index in [1.165, 1.54) is 9.87 Å². The number of imide groups is 1. The quantitative estimate of drug-likeness (QED) is 0.496. The first-order valence-electron chi connectivity index (χ1n) is 11.3. The largest absolute Gasteiger partial charge is 0.338 e. The number of likely N-dealkylation sites (tertiary alicyclic amines) is 1. The minimum absolute atomic E-state index is 0.197. The van der Waals surface area contributed by atoms with Gasteiger partial charge < -0.3 is 4.90 Å². The van der Waals surface area contributed by atoms with Crippen LogP contribution in [0.25, 0.3) is 0 Å². The van der Waals surface area contributed by atoms with Crippen molar-refractivity contribution in [3.8, 4) is 0 Å². The second-order valence-corrected chi connectivity index (χ2v) is 10.9. The molecule has 0 saturated carbocycles. The fourth-order valence-corrected chi connectivity index (χ4v) is 6.77. The molecule has 2 atom stereocenters. The normalized spacial score (nSPS) is 25.9. The van der Waals surface area contributed by atoms with Crippen LogP contribution < -0.4 is 0 Å². The van der Waals surface area contributed by atoms with Crippen LogP contribution in [-0.4, -0.2) is 73.0 Å². The molecule has 9 heteroatoms. The number of hydrogen-bond acceptors (Lipinski definition) is 5. The van der Waals surface area contributed by atoms with Gasteiger partial charge in [-0.1, -0.05) is 18.2 Å². The van der Waals surface area contributed by atoms with Crippen LogP contribution in [0.15, 0.2) is 35.2 Å². The summed E-state index contributed by atoms with van der Waals surface area (Å²) in [6.45, 7) is 0.619. The number of hydrogen-bond donors (Lipinski definition) is 0. The number of carbonyl (C=O) groups excluding carboxylic acids is 3. The van der Waals surface area contributed by atoms with Gasteiger partial charge in [-0.25, -0.2) is 8.42 Å². The number of benzene rings is 1. The Morgan fingerprint density at radius 3 is 2.19 bits per heavy atom. The van der Waals surface area contributed by atoms with Crippen molar-refractivity contribution in [2.75, 3.05) is 32.7 Å². The van der Waals surface area contributed by atoms with E-state index < -0.39 is 10.0 Å². The number of carbonyl (C=O) groups is 3. The van der Waals surface area contributed by atoms with Gasteiger partial charge in [0, 0.05) is 26.2 Å². The Morgan fingerprint density at radius 1 is 0.906 bits per heavy atom. The molecule has 0 N–H and O–H groups in total. The van der Waals surface area contributed by atoms with Crippen molar-refractivity contribution >= 4 is 27.7 Å². The van der Waals surface area contributed by atoms with E-state index in [-0.39, 0.29) is 62.3 Å². The predicted molar refractivity (Wildman–Crippen MR) is 116 cm³/mol. The standard InChI is InChI=1S/C23H27N3O5S/c27-21(15-26-22(28)19-6-1-2-7-20(19)23(26)29)24-10-12-25(13-11-24)32(30,31)18-9-8-16-4-3-5-17(16)14-18/h1-2,8-9,14,19-20H,3-7,10-13,15H2. The first-order chi connectivity index (χ1) is 15.4. The molecule has 2 fully saturated rings. The van der Waals surface area contributed by atoms with Gasteiger partial charge in [-0.3, -0.25) is 19.3 Å². The third-order valence-electron chi connectivity index (χ3n) is 7.19. The molecule has 2 aliphatic carbocycles. The van der Waals surface area contributed by atoms with Crippen molar-refractivity contribution in [3.05, 3.63) is 41.5 Å². The van der Waals surface area contributed by atoms with Gasteiger partial charge in [0.15, 0.2) is 0 Å². The number of sulfonamides is 1. The maximum absolute atomic E-state index is 13.1. The highest BCUT2D eigenvalue weighted by atomic mass is 32.2. The van der Waals surface area contributed by atoms with Gasteiger partial charge in [0.05, 0.1) is 16.7 Å². The Bertz CT molecular complexity index is 1080. The van der Waals surface area contributed by atoms with Crippen LogP contribution in [0.2, 0.25) is 0 Å². The summed E-state index contributed by atoms with van der Waals surface area (Å²) in [6.07, 6.45) is 7.87. The van der Waals surface area contributed by atoms with E-state index in [0.29, 0.717) is 17.7 Å². The Balaban J connectivity index is 1.21. The highest BCUT2D eigenvalue weighted by Crippen LogP contribution is 2.35. The molecule has 1 aromatic rings. The summed E-state index contributed by atoms with van der Waals surface area (Å²) in [7, 11) is -3.62. The lowest BCUT2D eigenvalue weighted by atomic mass is 9.85. The van der Waals surface area contributed by atoms with Crippen molar-refractivity contribution in [2.24, 2.45) is 11.8 Å². The molecule has 2 unspecified atom stereocenters. The number of allylic oxidation sites excluding steroid dienone is 2. The van der Waals surface area contributed by atoms with Crippen LogP contribution in [0.1, 0.15) is 30.4 Å². The van der Waals surface area contributed by atoms with Gasteiger partial charge in [0.2, 0.25) is 27.7 Å². The zero-order valence-corrected chi connectivity index (χ0v) is 18.7. The SMILES string of the molecule is O=C(CN1C(=O)C2CC=CCC2C1=O)N1CCN(S(=O)(=O)c2ccc3c(c2)CCC3)CC1. The van der Waals surface area contributed by atoms with E-state index in [9.17, 15) is 22.8 Å². The van der Waals surface area contributed by atoms with E-state index in [2.05, 4.69) is 0 Å². The third kappa shape index (κ3) is 3.57. The zero-order valence-electron chi connectivity index (χ0n) is 17.9. The van der Waals surface area contributed by atoms with E-state index in [0.717, 1.165) is 29.7 Å². The molecule has 170 valence electrons. The number of nitrogens with zero attached hydrogens (tertiary/aromatic N) is 3. The molecular formula is C23H27N3O5S. The lowest BCUT2D eigenvalue weighted by molar-refractivity contribution is -0.147.